The third-order valence-electron chi connectivity index (χ3n) is 2.38. The van der Waals surface area contributed by atoms with Gasteiger partial charge in [0.25, 0.3) is 5.91 Å². The molecule has 1 rings (SSSR count). The first-order valence-electron chi connectivity index (χ1n) is 5.90. The maximum atomic E-state index is 12.1. The zero-order valence-corrected chi connectivity index (χ0v) is 13.3. The van der Waals surface area contributed by atoms with Crippen LogP contribution in [-0.2, 0) is 0 Å². The summed E-state index contributed by atoms with van der Waals surface area (Å²) in [7, 11) is 0. The quantitative estimate of drug-likeness (QED) is 0.658. The average molecular weight is 324 g/mol. The zero-order valence-electron chi connectivity index (χ0n) is 11.0. The molecule has 0 aliphatic rings. The standard InChI is InChI=1S/C13H17Cl3N2O/c1-8(2)17-12(13(14,15)16)18-11(19)10-6-4-5-9(3)7-10/h4-8,12,17H,1-3H3,(H,18,19)/t12-/m0/s1. The lowest BCUT2D eigenvalue weighted by atomic mass is 10.1. The van der Waals surface area contributed by atoms with Gasteiger partial charge in [-0.25, -0.2) is 0 Å². The van der Waals surface area contributed by atoms with Gasteiger partial charge in [-0.1, -0.05) is 52.5 Å². The molecule has 0 aliphatic carbocycles. The van der Waals surface area contributed by atoms with Gasteiger partial charge < -0.3 is 5.32 Å². The second-order valence-electron chi connectivity index (χ2n) is 4.64. The molecule has 0 radical (unpaired) electrons. The van der Waals surface area contributed by atoms with Crippen LogP contribution in [0.15, 0.2) is 24.3 Å². The maximum absolute atomic E-state index is 12.1. The van der Waals surface area contributed by atoms with Crippen molar-refractivity contribution in [1.29, 1.82) is 0 Å². The van der Waals surface area contributed by atoms with Gasteiger partial charge in [0.05, 0.1) is 0 Å². The summed E-state index contributed by atoms with van der Waals surface area (Å²) in [5.74, 6) is -0.284. The Morgan fingerprint density at radius 2 is 1.89 bits per heavy atom. The van der Waals surface area contributed by atoms with Crippen molar-refractivity contribution in [1.82, 2.24) is 10.6 Å². The summed E-state index contributed by atoms with van der Waals surface area (Å²) >= 11 is 17.6. The van der Waals surface area contributed by atoms with Crippen LogP contribution in [0.2, 0.25) is 0 Å². The van der Waals surface area contributed by atoms with Gasteiger partial charge in [-0.2, -0.15) is 0 Å². The first-order valence-corrected chi connectivity index (χ1v) is 7.04. The molecule has 0 spiro atoms. The van der Waals surface area contributed by atoms with Crippen LogP contribution in [0.25, 0.3) is 0 Å². The van der Waals surface area contributed by atoms with Crippen LogP contribution < -0.4 is 10.6 Å². The molecule has 1 amide bonds. The number of aryl methyl sites for hydroxylation is 1. The summed E-state index contributed by atoms with van der Waals surface area (Å²) in [6, 6.07) is 7.28. The average Bonchev–Trinajstić information content (AvgIpc) is 2.26. The normalized spacial score (nSPS) is 13.4. The Morgan fingerprint density at radius 3 is 2.37 bits per heavy atom. The predicted molar refractivity (Wildman–Crippen MR) is 81.0 cm³/mol. The topological polar surface area (TPSA) is 41.1 Å². The van der Waals surface area contributed by atoms with E-state index in [0.29, 0.717) is 5.56 Å². The Balaban J connectivity index is 2.82. The van der Waals surface area contributed by atoms with Crippen molar-refractivity contribution in [2.75, 3.05) is 0 Å². The van der Waals surface area contributed by atoms with Crippen LogP contribution in [0.3, 0.4) is 0 Å². The Bertz CT molecular complexity index is 444. The van der Waals surface area contributed by atoms with Crippen LogP contribution >= 0.6 is 34.8 Å². The SMILES string of the molecule is Cc1cccc(C(=O)N[C@H](NC(C)C)C(Cl)(Cl)Cl)c1. The van der Waals surface area contributed by atoms with E-state index in [1.807, 2.05) is 32.9 Å². The zero-order chi connectivity index (χ0) is 14.6. The number of amides is 1. The summed E-state index contributed by atoms with van der Waals surface area (Å²) in [5, 5.41) is 5.69. The van der Waals surface area contributed by atoms with E-state index in [-0.39, 0.29) is 11.9 Å². The Labute approximate surface area is 128 Å². The van der Waals surface area contributed by atoms with E-state index >= 15 is 0 Å². The molecule has 1 aromatic carbocycles. The number of carbonyl (C=O) groups is 1. The molecule has 2 N–H and O–H groups in total. The highest BCUT2D eigenvalue weighted by Gasteiger charge is 2.34. The molecular formula is C13H17Cl3N2O. The van der Waals surface area contributed by atoms with E-state index in [4.69, 9.17) is 34.8 Å². The van der Waals surface area contributed by atoms with Gasteiger partial charge in [-0.05, 0) is 32.9 Å². The number of nitrogens with one attached hydrogen (secondary N) is 2. The molecule has 0 heterocycles. The first kappa shape index (κ1) is 16.6. The lowest BCUT2D eigenvalue weighted by Gasteiger charge is -2.28. The maximum Gasteiger partial charge on any atom is 0.252 e. The Kier molecular flexibility index (Phi) is 5.93. The van der Waals surface area contributed by atoms with Gasteiger partial charge in [-0.15, -0.1) is 0 Å². The number of alkyl halides is 3. The number of hydrogen-bond donors (Lipinski definition) is 2. The molecule has 3 nitrogen and oxygen atoms in total. The van der Waals surface area contributed by atoms with Crippen molar-refractivity contribution in [3.05, 3.63) is 35.4 Å². The Morgan fingerprint density at radius 1 is 1.26 bits per heavy atom. The fourth-order valence-corrected chi connectivity index (χ4v) is 1.90. The summed E-state index contributed by atoms with van der Waals surface area (Å²) in [6.07, 6.45) is -0.759. The number of hydrogen-bond acceptors (Lipinski definition) is 2. The fourth-order valence-electron chi connectivity index (χ4n) is 1.55. The van der Waals surface area contributed by atoms with Gasteiger partial charge in [0.15, 0.2) is 0 Å². The van der Waals surface area contributed by atoms with Gasteiger partial charge in [0.2, 0.25) is 3.79 Å². The minimum atomic E-state index is -1.62. The highest BCUT2D eigenvalue weighted by molar-refractivity contribution is 6.68. The third kappa shape index (κ3) is 5.57. The van der Waals surface area contributed by atoms with Crippen LogP contribution in [0.4, 0.5) is 0 Å². The number of halogens is 3. The molecule has 1 aromatic rings. The van der Waals surface area contributed by atoms with Gasteiger partial charge in [0, 0.05) is 11.6 Å². The molecule has 0 saturated heterocycles. The second kappa shape index (κ2) is 6.80. The van der Waals surface area contributed by atoms with Gasteiger partial charge in [0.1, 0.15) is 6.17 Å². The minimum absolute atomic E-state index is 0.0680. The van der Waals surface area contributed by atoms with Crippen LogP contribution in [0, 0.1) is 6.92 Å². The van der Waals surface area contributed by atoms with E-state index in [0.717, 1.165) is 5.56 Å². The molecule has 19 heavy (non-hydrogen) atoms. The van der Waals surface area contributed by atoms with Crippen molar-refractivity contribution < 1.29 is 4.79 Å². The Hall–Kier alpha value is -0.480. The lowest BCUT2D eigenvalue weighted by molar-refractivity contribution is 0.0927. The second-order valence-corrected chi connectivity index (χ2v) is 7.01. The van der Waals surface area contributed by atoms with Crippen LogP contribution in [0.5, 0.6) is 0 Å². The molecule has 0 aliphatic heterocycles. The van der Waals surface area contributed by atoms with Crippen molar-refractivity contribution >= 4 is 40.7 Å². The van der Waals surface area contributed by atoms with Crippen molar-refractivity contribution in [2.24, 2.45) is 0 Å². The van der Waals surface area contributed by atoms with E-state index in [1.165, 1.54) is 0 Å². The van der Waals surface area contributed by atoms with E-state index in [1.54, 1.807) is 12.1 Å². The molecule has 106 valence electrons. The summed E-state index contributed by atoms with van der Waals surface area (Å²) in [5.41, 5.74) is 1.53. The predicted octanol–water partition coefficient (Wildman–Crippen LogP) is 3.42. The minimum Gasteiger partial charge on any atom is -0.333 e. The number of rotatable bonds is 4. The molecule has 0 unspecified atom stereocenters. The first-order chi connectivity index (χ1) is 8.70. The molecule has 0 fully saturated rings. The summed E-state index contributed by atoms with van der Waals surface area (Å²) in [6.45, 7) is 5.72. The van der Waals surface area contributed by atoms with E-state index < -0.39 is 9.96 Å². The monoisotopic (exact) mass is 322 g/mol. The summed E-state index contributed by atoms with van der Waals surface area (Å²) < 4.78 is -1.62. The van der Waals surface area contributed by atoms with Crippen molar-refractivity contribution in [3.8, 4) is 0 Å². The largest absolute Gasteiger partial charge is 0.333 e. The van der Waals surface area contributed by atoms with Gasteiger partial charge >= 0.3 is 0 Å². The molecule has 0 saturated carbocycles. The molecular weight excluding hydrogens is 307 g/mol. The van der Waals surface area contributed by atoms with E-state index in [2.05, 4.69) is 10.6 Å². The summed E-state index contributed by atoms with van der Waals surface area (Å²) in [4.78, 5) is 12.1. The third-order valence-corrected chi connectivity index (χ3v) is 3.04. The van der Waals surface area contributed by atoms with Crippen molar-refractivity contribution in [3.63, 3.8) is 0 Å². The molecule has 0 aromatic heterocycles. The highest BCUT2D eigenvalue weighted by atomic mass is 35.6. The smallest absolute Gasteiger partial charge is 0.252 e. The molecule has 1 atom stereocenters. The highest BCUT2D eigenvalue weighted by Crippen LogP contribution is 2.29. The van der Waals surface area contributed by atoms with Crippen LogP contribution in [-0.4, -0.2) is 21.9 Å². The number of carbonyl (C=O) groups excluding carboxylic acids is 1. The number of benzene rings is 1. The van der Waals surface area contributed by atoms with Crippen LogP contribution in [0.1, 0.15) is 29.8 Å². The van der Waals surface area contributed by atoms with Crippen molar-refractivity contribution in [2.45, 2.75) is 36.8 Å². The molecule has 6 heteroatoms. The fraction of sp³-hybridized carbons (Fsp3) is 0.462. The van der Waals surface area contributed by atoms with E-state index in [9.17, 15) is 4.79 Å². The molecule has 0 bridgehead atoms. The lowest BCUT2D eigenvalue weighted by Crippen LogP contribution is -2.55. The van der Waals surface area contributed by atoms with Gasteiger partial charge in [-0.3, -0.25) is 10.1 Å².